The van der Waals surface area contributed by atoms with Crippen LogP contribution in [0.3, 0.4) is 0 Å². The topological polar surface area (TPSA) is 84.6 Å². The molecule has 0 saturated heterocycles. The van der Waals surface area contributed by atoms with E-state index in [-0.39, 0.29) is 12.5 Å². The summed E-state index contributed by atoms with van der Waals surface area (Å²) in [5.74, 6) is 0.129. The van der Waals surface area contributed by atoms with E-state index in [1.807, 2.05) is 13.8 Å². The maximum atomic E-state index is 12.3. The van der Waals surface area contributed by atoms with Crippen molar-refractivity contribution in [3.05, 3.63) is 23.8 Å². The van der Waals surface area contributed by atoms with Crippen molar-refractivity contribution in [1.29, 1.82) is 0 Å². The molecular formula is C14H22N2O3. The summed E-state index contributed by atoms with van der Waals surface area (Å²) in [6.45, 7) is 3.89. The van der Waals surface area contributed by atoms with Crippen molar-refractivity contribution in [1.82, 2.24) is 5.32 Å². The van der Waals surface area contributed by atoms with Crippen LogP contribution in [0, 0.1) is 0 Å². The van der Waals surface area contributed by atoms with E-state index in [0.29, 0.717) is 23.4 Å². The molecule has 4 N–H and O–H groups in total. The number of nitrogen functional groups attached to an aromatic ring is 1. The van der Waals surface area contributed by atoms with Gasteiger partial charge in [-0.25, -0.2) is 0 Å². The fraction of sp³-hybridized carbons (Fsp3) is 0.500. The van der Waals surface area contributed by atoms with Crippen LogP contribution in [-0.4, -0.2) is 30.3 Å². The van der Waals surface area contributed by atoms with Gasteiger partial charge in [0.2, 0.25) is 0 Å². The van der Waals surface area contributed by atoms with E-state index < -0.39 is 5.54 Å². The van der Waals surface area contributed by atoms with Gasteiger partial charge in [-0.1, -0.05) is 13.0 Å². The van der Waals surface area contributed by atoms with Gasteiger partial charge in [0.15, 0.2) is 5.75 Å². The second-order valence-corrected chi connectivity index (χ2v) is 4.77. The molecule has 1 rings (SSSR count). The zero-order chi connectivity index (χ0) is 14.5. The average Bonchev–Trinajstić information content (AvgIpc) is 2.38. The summed E-state index contributed by atoms with van der Waals surface area (Å²) in [4.78, 5) is 12.3. The molecule has 1 atom stereocenters. The Morgan fingerprint density at radius 1 is 1.53 bits per heavy atom. The molecule has 0 aliphatic heterocycles. The van der Waals surface area contributed by atoms with E-state index in [2.05, 4.69) is 5.32 Å². The second-order valence-electron chi connectivity index (χ2n) is 4.77. The Morgan fingerprint density at radius 3 is 2.74 bits per heavy atom. The van der Waals surface area contributed by atoms with Gasteiger partial charge < -0.3 is 20.9 Å². The lowest BCUT2D eigenvalue weighted by molar-refractivity contribution is 0.0883. The fourth-order valence-corrected chi connectivity index (χ4v) is 1.88. The van der Waals surface area contributed by atoms with Crippen LogP contribution >= 0.6 is 0 Å². The number of nitrogens with one attached hydrogen (secondary N) is 1. The van der Waals surface area contributed by atoms with E-state index in [9.17, 15) is 4.79 Å². The van der Waals surface area contributed by atoms with E-state index in [0.717, 1.165) is 6.42 Å². The Morgan fingerprint density at radius 2 is 2.21 bits per heavy atom. The van der Waals surface area contributed by atoms with Gasteiger partial charge in [0.1, 0.15) is 0 Å². The number of aliphatic hydroxyl groups excluding tert-OH is 1. The van der Waals surface area contributed by atoms with E-state index in [1.165, 1.54) is 7.11 Å². The molecule has 0 spiro atoms. The Labute approximate surface area is 113 Å². The number of methoxy groups -OCH3 is 1. The van der Waals surface area contributed by atoms with Gasteiger partial charge in [-0.3, -0.25) is 4.79 Å². The van der Waals surface area contributed by atoms with Crippen LogP contribution in [0.25, 0.3) is 0 Å². The number of nitrogens with two attached hydrogens (primary N) is 1. The Bertz CT molecular complexity index is 448. The molecule has 0 aliphatic rings. The number of hydrogen-bond acceptors (Lipinski definition) is 4. The lowest BCUT2D eigenvalue weighted by Gasteiger charge is -2.29. The van der Waals surface area contributed by atoms with Crippen LogP contribution in [0.2, 0.25) is 0 Å². The highest BCUT2D eigenvalue weighted by Gasteiger charge is 2.25. The minimum Gasteiger partial charge on any atom is -0.494 e. The van der Waals surface area contributed by atoms with Crippen molar-refractivity contribution in [2.45, 2.75) is 32.2 Å². The molecule has 19 heavy (non-hydrogen) atoms. The third-order valence-corrected chi connectivity index (χ3v) is 3.35. The van der Waals surface area contributed by atoms with Crippen molar-refractivity contribution in [2.24, 2.45) is 0 Å². The van der Waals surface area contributed by atoms with Crippen molar-refractivity contribution >= 4 is 11.6 Å². The molecule has 0 bridgehead atoms. The number of carbonyl (C=O) groups excluding carboxylic acids is 1. The number of hydrogen-bond donors (Lipinski definition) is 3. The van der Waals surface area contributed by atoms with Crippen LogP contribution in [0.5, 0.6) is 5.75 Å². The summed E-state index contributed by atoms with van der Waals surface area (Å²) in [5.41, 5.74) is 6.17. The summed E-state index contributed by atoms with van der Waals surface area (Å²) >= 11 is 0. The number of benzene rings is 1. The smallest absolute Gasteiger partial charge is 0.255 e. The van der Waals surface area contributed by atoms with Crippen LogP contribution < -0.4 is 15.8 Å². The van der Waals surface area contributed by atoms with Gasteiger partial charge >= 0.3 is 0 Å². The predicted molar refractivity (Wildman–Crippen MR) is 75.3 cm³/mol. The predicted octanol–water partition coefficient (Wildman–Crippen LogP) is 1.56. The summed E-state index contributed by atoms with van der Waals surface area (Å²) in [6, 6.07) is 5.06. The Balaban J connectivity index is 2.98. The molecule has 0 aliphatic carbocycles. The number of para-hydroxylation sites is 1. The molecule has 0 fully saturated rings. The van der Waals surface area contributed by atoms with Crippen LogP contribution in [0.15, 0.2) is 18.2 Å². The molecule has 5 heteroatoms. The summed E-state index contributed by atoms with van der Waals surface area (Å²) in [7, 11) is 1.48. The summed E-state index contributed by atoms with van der Waals surface area (Å²) < 4.78 is 5.17. The lowest BCUT2D eigenvalue weighted by atomic mass is 9.94. The summed E-state index contributed by atoms with van der Waals surface area (Å²) in [5, 5.41) is 12.0. The van der Waals surface area contributed by atoms with Gasteiger partial charge in [0.05, 0.1) is 18.4 Å². The number of rotatable bonds is 6. The van der Waals surface area contributed by atoms with Gasteiger partial charge in [0, 0.05) is 12.1 Å². The molecule has 1 amide bonds. The van der Waals surface area contributed by atoms with Gasteiger partial charge in [-0.15, -0.1) is 0 Å². The number of carbonyl (C=O) groups is 1. The first-order valence-electron chi connectivity index (χ1n) is 6.33. The normalized spacial score (nSPS) is 13.7. The third kappa shape index (κ3) is 3.61. The first-order chi connectivity index (χ1) is 8.97. The van der Waals surface area contributed by atoms with Gasteiger partial charge in [-0.2, -0.15) is 0 Å². The Hall–Kier alpha value is -1.75. The largest absolute Gasteiger partial charge is 0.494 e. The first-order valence-corrected chi connectivity index (χ1v) is 6.33. The second kappa shape index (κ2) is 6.43. The van der Waals surface area contributed by atoms with Crippen LogP contribution in [0.4, 0.5) is 5.69 Å². The average molecular weight is 266 g/mol. The lowest BCUT2D eigenvalue weighted by Crippen LogP contribution is -2.46. The molecule has 0 aromatic heterocycles. The highest BCUT2D eigenvalue weighted by Crippen LogP contribution is 2.26. The molecule has 0 radical (unpaired) electrons. The number of amides is 1. The standard InChI is InChI=1S/C14H22N2O3/c1-4-14(2,8-9-17)16-13(18)10-6-5-7-11(15)12(10)19-3/h5-7,17H,4,8-9,15H2,1-3H3,(H,16,18). The molecule has 5 nitrogen and oxygen atoms in total. The highest BCUT2D eigenvalue weighted by atomic mass is 16.5. The quantitative estimate of drug-likeness (QED) is 0.682. The molecule has 0 heterocycles. The van der Waals surface area contributed by atoms with E-state index in [4.69, 9.17) is 15.6 Å². The SMILES string of the molecule is CCC(C)(CCO)NC(=O)c1cccc(N)c1OC. The van der Waals surface area contributed by atoms with Gasteiger partial charge in [-0.05, 0) is 31.9 Å². The zero-order valence-corrected chi connectivity index (χ0v) is 11.7. The minimum atomic E-state index is -0.443. The highest BCUT2D eigenvalue weighted by molar-refractivity contribution is 5.99. The molecular weight excluding hydrogens is 244 g/mol. The molecule has 1 aromatic rings. The maximum Gasteiger partial charge on any atom is 0.255 e. The zero-order valence-electron chi connectivity index (χ0n) is 11.7. The molecule has 1 unspecified atom stereocenters. The van der Waals surface area contributed by atoms with Gasteiger partial charge in [0.25, 0.3) is 5.91 Å². The summed E-state index contributed by atoms with van der Waals surface area (Å²) in [6.07, 6.45) is 1.23. The van der Waals surface area contributed by atoms with Crippen LogP contribution in [0.1, 0.15) is 37.0 Å². The van der Waals surface area contributed by atoms with Crippen LogP contribution in [-0.2, 0) is 0 Å². The third-order valence-electron chi connectivity index (χ3n) is 3.35. The Kier molecular flexibility index (Phi) is 5.18. The van der Waals surface area contributed by atoms with E-state index >= 15 is 0 Å². The molecule has 0 saturated carbocycles. The number of aliphatic hydroxyl groups is 1. The first kappa shape index (κ1) is 15.3. The monoisotopic (exact) mass is 266 g/mol. The maximum absolute atomic E-state index is 12.3. The van der Waals surface area contributed by atoms with Crippen molar-refractivity contribution < 1.29 is 14.6 Å². The molecule has 1 aromatic carbocycles. The fourth-order valence-electron chi connectivity index (χ4n) is 1.88. The number of ether oxygens (including phenoxy) is 1. The van der Waals surface area contributed by atoms with E-state index in [1.54, 1.807) is 18.2 Å². The number of anilines is 1. The van der Waals surface area contributed by atoms with Crippen molar-refractivity contribution in [3.63, 3.8) is 0 Å². The van der Waals surface area contributed by atoms with Crippen molar-refractivity contribution in [3.8, 4) is 5.75 Å². The molecule has 106 valence electrons. The van der Waals surface area contributed by atoms with Crippen molar-refractivity contribution in [2.75, 3.05) is 19.5 Å². The minimum absolute atomic E-state index is 0.0265.